The van der Waals surface area contributed by atoms with Crippen LogP contribution in [0.5, 0.6) is 5.75 Å². The fraction of sp³-hybridized carbons (Fsp3) is 0.333. The van der Waals surface area contributed by atoms with Crippen molar-refractivity contribution in [3.63, 3.8) is 0 Å². The van der Waals surface area contributed by atoms with Crippen LogP contribution >= 0.6 is 15.9 Å². The van der Waals surface area contributed by atoms with Gasteiger partial charge in [0.25, 0.3) is 0 Å². The van der Waals surface area contributed by atoms with Gasteiger partial charge in [0.05, 0.1) is 4.47 Å². The number of hydrogen-bond donors (Lipinski definition) is 2. The van der Waals surface area contributed by atoms with E-state index in [-0.39, 0.29) is 6.04 Å². The molecule has 66 valence electrons. The van der Waals surface area contributed by atoms with E-state index in [9.17, 15) is 5.11 Å². The maximum absolute atomic E-state index is 9.54. The van der Waals surface area contributed by atoms with Crippen LogP contribution in [0.2, 0.25) is 0 Å². The van der Waals surface area contributed by atoms with Crippen molar-refractivity contribution in [1.29, 1.82) is 0 Å². The Hall–Kier alpha value is -0.540. The van der Waals surface area contributed by atoms with Crippen molar-refractivity contribution in [2.24, 2.45) is 5.73 Å². The second-order valence-electron chi connectivity index (χ2n) is 2.93. The maximum Gasteiger partial charge on any atom is 0.132 e. The smallest absolute Gasteiger partial charge is 0.132 e. The lowest BCUT2D eigenvalue weighted by Crippen LogP contribution is -2.17. The molecule has 0 aliphatic carbocycles. The quantitative estimate of drug-likeness (QED) is 0.816. The van der Waals surface area contributed by atoms with Crippen molar-refractivity contribution >= 4 is 15.9 Å². The summed E-state index contributed by atoms with van der Waals surface area (Å²) in [6, 6.07) is 5.65. The Morgan fingerprint density at radius 3 is 2.83 bits per heavy atom. The summed E-state index contributed by atoms with van der Waals surface area (Å²) in [6.45, 7) is 1.92. The predicted molar refractivity (Wildman–Crippen MR) is 53.2 cm³/mol. The third kappa shape index (κ3) is 2.22. The Balaban J connectivity index is 2.92. The summed E-state index contributed by atoms with van der Waals surface area (Å²) in [5, 5.41) is 9.54. The van der Waals surface area contributed by atoms with E-state index in [0.29, 0.717) is 12.2 Å². The number of aromatic hydroxyl groups is 1. The number of hydrogen-bond acceptors (Lipinski definition) is 2. The van der Waals surface area contributed by atoms with Gasteiger partial charge in [-0.05, 0) is 40.9 Å². The molecular formula is C9H12BrNO. The highest BCUT2D eigenvalue weighted by Gasteiger charge is 2.05. The van der Waals surface area contributed by atoms with Gasteiger partial charge in [0.15, 0.2) is 0 Å². The summed E-state index contributed by atoms with van der Waals surface area (Å²) >= 11 is 3.25. The lowest BCUT2D eigenvalue weighted by Gasteiger charge is -2.07. The van der Waals surface area contributed by atoms with Gasteiger partial charge in [0.2, 0.25) is 0 Å². The summed E-state index contributed by atoms with van der Waals surface area (Å²) in [5.41, 5.74) is 6.51. The summed E-state index contributed by atoms with van der Waals surface area (Å²) < 4.78 is 0.723. The Morgan fingerprint density at radius 2 is 2.25 bits per heavy atom. The highest BCUT2D eigenvalue weighted by atomic mass is 79.9. The van der Waals surface area contributed by atoms with Gasteiger partial charge in [0.1, 0.15) is 5.75 Å². The molecule has 0 aromatic heterocycles. The van der Waals surface area contributed by atoms with Crippen LogP contribution in [0.3, 0.4) is 0 Å². The van der Waals surface area contributed by atoms with Crippen LogP contribution < -0.4 is 5.73 Å². The van der Waals surface area contributed by atoms with Gasteiger partial charge < -0.3 is 10.8 Å². The normalized spacial score (nSPS) is 12.9. The van der Waals surface area contributed by atoms with E-state index in [0.717, 1.165) is 10.0 Å². The van der Waals surface area contributed by atoms with Gasteiger partial charge in [-0.25, -0.2) is 0 Å². The number of halogens is 1. The Bertz CT molecular complexity index is 273. The van der Waals surface area contributed by atoms with E-state index >= 15 is 0 Å². The Labute approximate surface area is 80.5 Å². The molecule has 0 radical (unpaired) electrons. The monoisotopic (exact) mass is 229 g/mol. The third-order valence-electron chi connectivity index (χ3n) is 1.61. The van der Waals surface area contributed by atoms with E-state index in [1.807, 2.05) is 19.1 Å². The largest absolute Gasteiger partial charge is 0.506 e. The zero-order valence-electron chi connectivity index (χ0n) is 6.92. The molecule has 0 aliphatic rings. The minimum absolute atomic E-state index is 0.0743. The fourth-order valence-corrected chi connectivity index (χ4v) is 1.48. The number of para-hydroxylation sites is 1. The van der Waals surface area contributed by atoms with Crippen LogP contribution in [0.15, 0.2) is 22.7 Å². The van der Waals surface area contributed by atoms with Gasteiger partial charge in [-0.3, -0.25) is 0 Å². The van der Waals surface area contributed by atoms with Crippen LogP contribution in [-0.4, -0.2) is 11.1 Å². The van der Waals surface area contributed by atoms with Gasteiger partial charge in [-0.2, -0.15) is 0 Å². The number of phenols is 1. The first-order chi connectivity index (χ1) is 5.61. The molecule has 1 atom stereocenters. The summed E-state index contributed by atoms with van der Waals surface area (Å²) in [6.07, 6.45) is 0.700. The number of phenolic OH excluding ortho intramolecular Hbond substituents is 1. The zero-order chi connectivity index (χ0) is 9.14. The molecule has 0 unspecified atom stereocenters. The van der Waals surface area contributed by atoms with Crippen LogP contribution in [0.1, 0.15) is 12.5 Å². The molecule has 0 aliphatic heterocycles. The lowest BCUT2D eigenvalue weighted by molar-refractivity contribution is 0.462. The second kappa shape index (κ2) is 3.92. The molecule has 1 rings (SSSR count). The van der Waals surface area contributed by atoms with E-state index in [1.165, 1.54) is 0 Å². The molecular weight excluding hydrogens is 218 g/mol. The zero-order valence-corrected chi connectivity index (χ0v) is 8.51. The molecule has 2 nitrogen and oxygen atoms in total. The molecule has 0 bridgehead atoms. The first kappa shape index (κ1) is 9.55. The minimum atomic E-state index is 0.0743. The molecule has 0 saturated heterocycles. The van der Waals surface area contributed by atoms with Crippen LogP contribution in [-0.2, 0) is 6.42 Å². The number of rotatable bonds is 2. The lowest BCUT2D eigenvalue weighted by atomic mass is 10.1. The standard InChI is InChI=1S/C9H12BrNO/c1-6(11)5-7-3-2-4-8(10)9(7)12/h2-4,6,12H,5,11H2,1H3/t6-/m1/s1. The van der Waals surface area contributed by atoms with Crippen molar-refractivity contribution in [1.82, 2.24) is 0 Å². The van der Waals surface area contributed by atoms with Gasteiger partial charge >= 0.3 is 0 Å². The second-order valence-corrected chi connectivity index (χ2v) is 3.78. The molecule has 0 heterocycles. The Morgan fingerprint density at radius 1 is 1.58 bits per heavy atom. The highest BCUT2D eigenvalue weighted by Crippen LogP contribution is 2.27. The first-order valence-corrected chi connectivity index (χ1v) is 4.62. The molecule has 0 amide bonds. The van der Waals surface area contributed by atoms with E-state index in [4.69, 9.17) is 5.73 Å². The predicted octanol–water partition coefficient (Wildman–Crippen LogP) is 2.04. The summed E-state index contributed by atoms with van der Waals surface area (Å²) in [4.78, 5) is 0. The van der Waals surface area contributed by atoms with Gasteiger partial charge in [0, 0.05) is 6.04 Å². The van der Waals surface area contributed by atoms with Crippen molar-refractivity contribution in [3.8, 4) is 5.75 Å². The van der Waals surface area contributed by atoms with Gasteiger partial charge in [-0.15, -0.1) is 0 Å². The van der Waals surface area contributed by atoms with Crippen LogP contribution in [0.4, 0.5) is 0 Å². The van der Waals surface area contributed by atoms with Crippen molar-refractivity contribution < 1.29 is 5.11 Å². The van der Waals surface area contributed by atoms with E-state index in [2.05, 4.69) is 15.9 Å². The SMILES string of the molecule is C[C@@H](N)Cc1cccc(Br)c1O. The molecule has 3 N–H and O–H groups in total. The molecule has 0 fully saturated rings. The van der Waals surface area contributed by atoms with Crippen molar-refractivity contribution in [2.75, 3.05) is 0 Å². The average Bonchev–Trinajstić information content (AvgIpc) is 1.98. The third-order valence-corrected chi connectivity index (χ3v) is 2.25. The van der Waals surface area contributed by atoms with E-state index in [1.54, 1.807) is 6.07 Å². The molecule has 3 heteroatoms. The Kier molecular flexibility index (Phi) is 3.12. The van der Waals surface area contributed by atoms with E-state index < -0.39 is 0 Å². The average molecular weight is 230 g/mol. The fourth-order valence-electron chi connectivity index (χ4n) is 1.07. The molecule has 12 heavy (non-hydrogen) atoms. The van der Waals surface area contributed by atoms with Crippen LogP contribution in [0, 0.1) is 0 Å². The molecule has 1 aromatic rings. The van der Waals surface area contributed by atoms with Crippen molar-refractivity contribution in [2.45, 2.75) is 19.4 Å². The van der Waals surface area contributed by atoms with Gasteiger partial charge in [-0.1, -0.05) is 12.1 Å². The topological polar surface area (TPSA) is 46.2 Å². The van der Waals surface area contributed by atoms with Crippen molar-refractivity contribution in [3.05, 3.63) is 28.2 Å². The minimum Gasteiger partial charge on any atom is -0.506 e. The number of benzene rings is 1. The molecule has 0 saturated carbocycles. The summed E-state index contributed by atoms with van der Waals surface area (Å²) in [7, 11) is 0. The molecule has 1 aromatic carbocycles. The molecule has 0 spiro atoms. The maximum atomic E-state index is 9.54. The number of nitrogens with two attached hydrogens (primary N) is 1. The van der Waals surface area contributed by atoms with Crippen LogP contribution in [0.25, 0.3) is 0 Å². The summed E-state index contributed by atoms with van der Waals surface area (Å²) in [5.74, 6) is 0.301. The first-order valence-electron chi connectivity index (χ1n) is 3.83. The highest BCUT2D eigenvalue weighted by molar-refractivity contribution is 9.10.